The van der Waals surface area contributed by atoms with Crippen molar-refractivity contribution in [1.29, 1.82) is 0 Å². The number of likely N-dealkylation sites (tertiary alicyclic amines) is 1. The van der Waals surface area contributed by atoms with Crippen molar-refractivity contribution in [2.45, 2.75) is 38.6 Å². The first-order chi connectivity index (χ1) is 10.1. The Hall–Kier alpha value is -1.43. The SMILES string of the molecule is CCCC(=O)NC1CCN(C(=O)c2cccnc2Br)CC1. The van der Waals surface area contributed by atoms with E-state index in [-0.39, 0.29) is 17.9 Å². The average molecular weight is 354 g/mol. The Kier molecular flexibility index (Phi) is 5.73. The third kappa shape index (κ3) is 4.27. The van der Waals surface area contributed by atoms with Gasteiger partial charge < -0.3 is 10.2 Å². The summed E-state index contributed by atoms with van der Waals surface area (Å²) in [6.45, 7) is 3.32. The highest BCUT2D eigenvalue weighted by Gasteiger charge is 2.25. The predicted octanol–water partition coefficient (Wildman–Crippen LogP) is 2.37. The molecule has 1 fully saturated rings. The summed E-state index contributed by atoms with van der Waals surface area (Å²) in [6, 6.07) is 3.72. The normalized spacial score (nSPS) is 15.8. The maximum atomic E-state index is 12.4. The van der Waals surface area contributed by atoms with Crippen molar-refractivity contribution in [2.75, 3.05) is 13.1 Å². The molecular formula is C15H20BrN3O2. The Balaban J connectivity index is 1.88. The summed E-state index contributed by atoms with van der Waals surface area (Å²) >= 11 is 3.31. The predicted molar refractivity (Wildman–Crippen MR) is 83.9 cm³/mol. The van der Waals surface area contributed by atoms with Crippen molar-refractivity contribution >= 4 is 27.7 Å². The van der Waals surface area contributed by atoms with E-state index < -0.39 is 0 Å². The molecule has 1 aromatic heterocycles. The van der Waals surface area contributed by atoms with Gasteiger partial charge in [0.15, 0.2) is 0 Å². The number of nitrogens with zero attached hydrogens (tertiary/aromatic N) is 2. The van der Waals surface area contributed by atoms with E-state index >= 15 is 0 Å². The molecule has 0 spiro atoms. The lowest BCUT2D eigenvalue weighted by molar-refractivity contribution is -0.122. The number of piperidine rings is 1. The van der Waals surface area contributed by atoms with Crippen LogP contribution in [0.5, 0.6) is 0 Å². The van der Waals surface area contributed by atoms with Crippen LogP contribution in [0.4, 0.5) is 0 Å². The van der Waals surface area contributed by atoms with Gasteiger partial charge in [0.2, 0.25) is 5.91 Å². The third-order valence-electron chi connectivity index (χ3n) is 3.61. The lowest BCUT2D eigenvalue weighted by Crippen LogP contribution is -2.46. The van der Waals surface area contributed by atoms with E-state index in [9.17, 15) is 9.59 Å². The average Bonchev–Trinajstić information content (AvgIpc) is 2.48. The molecule has 0 atom stereocenters. The van der Waals surface area contributed by atoms with E-state index in [1.807, 2.05) is 11.8 Å². The lowest BCUT2D eigenvalue weighted by atomic mass is 10.0. The number of hydrogen-bond acceptors (Lipinski definition) is 3. The minimum Gasteiger partial charge on any atom is -0.353 e. The molecule has 0 bridgehead atoms. The van der Waals surface area contributed by atoms with Crippen LogP contribution in [0.15, 0.2) is 22.9 Å². The van der Waals surface area contributed by atoms with Crippen LogP contribution in [0.1, 0.15) is 43.0 Å². The minimum atomic E-state index is -0.00619. The van der Waals surface area contributed by atoms with Crippen LogP contribution in [-0.4, -0.2) is 40.8 Å². The molecule has 1 aliphatic heterocycles. The molecule has 6 heteroatoms. The lowest BCUT2D eigenvalue weighted by Gasteiger charge is -2.32. The third-order valence-corrected chi connectivity index (χ3v) is 4.25. The van der Waals surface area contributed by atoms with E-state index in [2.05, 4.69) is 26.2 Å². The molecule has 5 nitrogen and oxygen atoms in total. The van der Waals surface area contributed by atoms with Gasteiger partial charge in [0, 0.05) is 31.7 Å². The molecule has 0 aromatic carbocycles. The zero-order valence-corrected chi connectivity index (χ0v) is 13.7. The molecule has 2 heterocycles. The summed E-state index contributed by atoms with van der Waals surface area (Å²) in [5.41, 5.74) is 0.589. The molecule has 21 heavy (non-hydrogen) atoms. The molecule has 0 radical (unpaired) electrons. The second-order valence-corrected chi connectivity index (χ2v) is 5.98. The fraction of sp³-hybridized carbons (Fsp3) is 0.533. The summed E-state index contributed by atoms with van der Waals surface area (Å²) in [5.74, 6) is 0.102. The number of carbonyl (C=O) groups is 2. The number of rotatable bonds is 4. The Morgan fingerprint density at radius 3 is 2.76 bits per heavy atom. The number of amides is 2. The number of hydrogen-bond donors (Lipinski definition) is 1. The summed E-state index contributed by atoms with van der Waals surface area (Å²) in [7, 11) is 0. The van der Waals surface area contributed by atoms with E-state index in [1.165, 1.54) is 0 Å². The Labute approximate surface area is 133 Å². The number of aromatic nitrogens is 1. The zero-order chi connectivity index (χ0) is 15.2. The quantitative estimate of drug-likeness (QED) is 0.845. The Morgan fingerprint density at radius 2 is 2.14 bits per heavy atom. The first-order valence-electron chi connectivity index (χ1n) is 7.31. The number of nitrogens with one attached hydrogen (secondary N) is 1. The monoisotopic (exact) mass is 353 g/mol. The van der Waals surface area contributed by atoms with Gasteiger partial charge in [-0.05, 0) is 47.3 Å². The van der Waals surface area contributed by atoms with Crippen molar-refractivity contribution in [2.24, 2.45) is 0 Å². The molecular weight excluding hydrogens is 334 g/mol. The molecule has 0 saturated carbocycles. The first-order valence-corrected chi connectivity index (χ1v) is 8.10. The highest BCUT2D eigenvalue weighted by Crippen LogP contribution is 2.18. The van der Waals surface area contributed by atoms with Gasteiger partial charge in [-0.15, -0.1) is 0 Å². The smallest absolute Gasteiger partial charge is 0.256 e. The molecule has 2 rings (SSSR count). The zero-order valence-electron chi connectivity index (χ0n) is 12.1. The van der Waals surface area contributed by atoms with Crippen LogP contribution in [0.2, 0.25) is 0 Å². The van der Waals surface area contributed by atoms with E-state index in [0.717, 1.165) is 19.3 Å². The molecule has 1 N–H and O–H groups in total. The fourth-order valence-electron chi connectivity index (χ4n) is 2.47. The van der Waals surface area contributed by atoms with Crippen LogP contribution >= 0.6 is 15.9 Å². The minimum absolute atomic E-state index is 0.00619. The van der Waals surface area contributed by atoms with Gasteiger partial charge in [0.05, 0.1) is 5.56 Å². The van der Waals surface area contributed by atoms with Crippen molar-refractivity contribution in [3.05, 3.63) is 28.5 Å². The highest BCUT2D eigenvalue weighted by molar-refractivity contribution is 9.10. The summed E-state index contributed by atoms with van der Waals surface area (Å²) in [5, 5.41) is 3.03. The van der Waals surface area contributed by atoms with Gasteiger partial charge in [-0.25, -0.2) is 4.98 Å². The summed E-state index contributed by atoms with van der Waals surface area (Å²) < 4.78 is 0.577. The molecule has 1 aromatic rings. The molecule has 1 saturated heterocycles. The number of pyridine rings is 1. The van der Waals surface area contributed by atoms with Crippen LogP contribution < -0.4 is 5.32 Å². The summed E-state index contributed by atoms with van der Waals surface area (Å²) in [6.07, 6.45) is 4.69. The largest absolute Gasteiger partial charge is 0.353 e. The standard InChI is InChI=1S/C15H20BrN3O2/c1-2-4-13(20)18-11-6-9-19(10-7-11)15(21)12-5-3-8-17-14(12)16/h3,5,8,11H,2,4,6-7,9-10H2,1H3,(H,18,20). The van der Waals surface area contributed by atoms with Crippen molar-refractivity contribution in [1.82, 2.24) is 15.2 Å². The maximum Gasteiger partial charge on any atom is 0.256 e. The van der Waals surface area contributed by atoms with Crippen LogP contribution in [0.3, 0.4) is 0 Å². The second-order valence-electron chi connectivity index (χ2n) is 5.23. The highest BCUT2D eigenvalue weighted by atomic mass is 79.9. The first kappa shape index (κ1) is 15.9. The Bertz CT molecular complexity index is 513. The van der Waals surface area contributed by atoms with E-state index in [0.29, 0.717) is 29.7 Å². The summed E-state index contributed by atoms with van der Waals surface area (Å²) in [4.78, 5) is 29.9. The fourth-order valence-corrected chi connectivity index (χ4v) is 2.89. The second kappa shape index (κ2) is 7.54. The topological polar surface area (TPSA) is 62.3 Å². The van der Waals surface area contributed by atoms with Crippen LogP contribution in [-0.2, 0) is 4.79 Å². The molecule has 114 valence electrons. The van der Waals surface area contributed by atoms with E-state index in [1.54, 1.807) is 18.3 Å². The van der Waals surface area contributed by atoms with Gasteiger partial charge in [0.1, 0.15) is 4.60 Å². The molecule has 1 aliphatic rings. The molecule has 0 aliphatic carbocycles. The van der Waals surface area contributed by atoms with Gasteiger partial charge in [0.25, 0.3) is 5.91 Å². The van der Waals surface area contributed by atoms with Crippen LogP contribution in [0, 0.1) is 0 Å². The van der Waals surface area contributed by atoms with Gasteiger partial charge in [-0.3, -0.25) is 9.59 Å². The Morgan fingerprint density at radius 1 is 1.43 bits per heavy atom. The van der Waals surface area contributed by atoms with Crippen molar-refractivity contribution in [3.8, 4) is 0 Å². The van der Waals surface area contributed by atoms with Crippen molar-refractivity contribution < 1.29 is 9.59 Å². The number of halogens is 1. The van der Waals surface area contributed by atoms with Crippen molar-refractivity contribution in [3.63, 3.8) is 0 Å². The van der Waals surface area contributed by atoms with Gasteiger partial charge in [-0.2, -0.15) is 0 Å². The number of carbonyl (C=O) groups excluding carboxylic acids is 2. The van der Waals surface area contributed by atoms with E-state index in [4.69, 9.17) is 0 Å². The van der Waals surface area contributed by atoms with Crippen LogP contribution in [0.25, 0.3) is 0 Å². The maximum absolute atomic E-state index is 12.4. The van der Waals surface area contributed by atoms with Gasteiger partial charge >= 0.3 is 0 Å². The molecule has 2 amide bonds. The van der Waals surface area contributed by atoms with Gasteiger partial charge in [-0.1, -0.05) is 6.92 Å². The molecule has 0 unspecified atom stereocenters.